The summed E-state index contributed by atoms with van der Waals surface area (Å²) >= 11 is 0. The van der Waals surface area contributed by atoms with Crippen LogP contribution in [-0.4, -0.2) is 71.1 Å². The molecule has 0 aromatic heterocycles. The summed E-state index contributed by atoms with van der Waals surface area (Å²) < 4.78 is 39.7. The van der Waals surface area contributed by atoms with E-state index in [1.807, 2.05) is 35.6 Å². The fourth-order valence-corrected chi connectivity index (χ4v) is 5.05. The quantitative estimate of drug-likeness (QED) is 0.134. The molecule has 14 heteroatoms. The van der Waals surface area contributed by atoms with Crippen molar-refractivity contribution in [2.75, 3.05) is 0 Å². The topological polar surface area (TPSA) is 180 Å². The van der Waals surface area contributed by atoms with Crippen molar-refractivity contribution in [3.63, 3.8) is 0 Å². The van der Waals surface area contributed by atoms with E-state index in [-0.39, 0.29) is 6.42 Å². The molecule has 0 radical (unpaired) electrons. The first kappa shape index (κ1) is 39.2. The molecule has 3 aromatic rings. The van der Waals surface area contributed by atoms with Crippen LogP contribution < -0.4 is 27.0 Å². The number of nitrogens with two attached hydrogens (primary N) is 1. The van der Waals surface area contributed by atoms with E-state index in [2.05, 4.69) is 16.0 Å². The number of alkyl halides is 3. The van der Waals surface area contributed by atoms with E-state index in [1.165, 1.54) is 6.92 Å². The number of aliphatic hydroxyl groups is 1. The monoisotopic (exact) mass is 697 g/mol. The molecule has 7 N–H and O–H groups in total. The van der Waals surface area contributed by atoms with Crippen molar-refractivity contribution in [1.29, 1.82) is 0 Å². The second-order valence-corrected chi connectivity index (χ2v) is 12.2. The summed E-state index contributed by atoms with van der Waals surface area (Å²) in [4.78, 5) is 64.3. The molecule has 11 nitrogen and oxygen atoms in total. The molecule has 0 saturated heterocycles. The maximum atomic E-state index is 13.6. The fraction of sp³-hybridized carbons (Fsp3) is 0.361. The molecule has 1 unspecified atom stereocenters. The minimum atomic E-state index is -5.11. The Bertz CT molecular complexity index is 1600. The minimum absolute atomic E-state index is 0.0273. The van der Waals surface area contributed by atoms with Gasteiger partial charge in [-0.2, -0.15) is 13.2 Å². The largest absolute Gasteiger partial charge is 0.416 e. The van der Waals surface area contributed by atoms with Gasteiger partial charge >= 0.3 is 6.18 Å². The highest BCUT2D eigenvalue weighted by Gasteiger charge is 2.44. The zero-order valence-corrected chi connectivity index (χ0v) is 27.9. The number of amides is 5. The number of halogens is 3. The van der Waals surface area contributed by atoms with Gasteiger partial charge in [-0.25, -0.2) is 0 Å². The van der Waals surface area contributed by atoms with Gasteiger partial charge in [-0.3, -0.25) is 24.0 Å². The van der Waals surface area contributed by atoms with Gasteiger partial charge in [-0.05, 0) is 48.1 Å². The molecule has 3 rings (SSSR count). The Kier molecular flexibility index (Phi) is 14.1. The van der Waals surface area contributed by atoms with Crippen LogP contribution >= 0.6 is 0 Å². The Balaban J connectivity index is 1.74. The molecule has 5 atom stereocenters. The molecule has 3 aromatic carbocycles. The van der Waals surface area contributed by atoms with Gasteiger partial charge in [-0.1, -0.05) is 86.6 Å². The molecular weight excluding hydrogens is 655 g/mol. The average Bonchev–Trinajstić information content (AvgIpc) is 3.08. The summed E-state index contributed by atoms with van der Waals surface area (Å²) in [6, 6.07) is 19.4. The van der Waals surface area contributed by atoms with Crippen LogP contribution in [0.25, 0.3) is 11.1 Å². The van der Waals surface area contributed by atoms with E-state index in [0.717, 1.165) is 11.1 Å². The van der Waals surface area contributed by atoms with Crippen LogP contribution in [-0.2, 0) is 25.6 Å². The number of primary amides is 1. The molecule has 0 aliphatic carbocycles. The third kappa shape index (κ3) is 11.7. The first-order valence-corrected chi connectivity index (χ1v) is 16.0. The van der Waals surface area contributed by atoms with Gasteiger partial charge in [0.25, 0.3) is 5.91 Å². The SMILES string of the molecule is CC(C)[C@H](NC(=O)c1ccc(-c2ccccc2)cc1)C(=O)N[C@@H](Cc1ccccc1)C(=O)N[C@H](C)C(=O)N[C@@H](CCC(N)=O)C(O)C(F)(F)F. The molecule has 5 amide bonds. The van der Waals surface area contributed by atoms with Crippen LogP contribution in [0.3, 0.4) is 0 Å². The fourth-order valence-electron chi connectivity index (χ4n) is 5.05. The van der Waals surface area contributed by atoms with Gasteiger partial charge in [0.2, 0.25) is 23.6 Å². The molecule has 0 spiro atoms. The predicted octanol–water partition coefficient (Wildman–Crippen LogP) is 3.01. The molecule has 0 saturated carbocycles. The van der Waals surface area contributed by atoms with Gasteiger partial charge in [-0.15, -0.1) is 0 Å². The molecule has 0 heterocycles. The van der Waals surface area contributed by atoms with Crippen molar-refractivity contribution in [2.45, 2.75) is 76.5 Å². The van der Waals surface area contributed by atoms with Crippen LogP contribution in [0, 0.1) is 5.92 Å². The van der Waals surface area contributed by atoms with Crippen molar-refractivity contribution in [3.05, 3.63) is 96.1 Å². The van der Waals surface area contributed by atoms with Gasteiger partial charge in [0, 0.05) is 18.4 Å². The van der Waals surface area contributed by atoms with Crippen molar-refractivity contribution in [2.24, 2.45) is 11.7 Å². The molecule has 50 heavy (non-hydrogen) atoms. The molecule has 268 valence electrons. The Hall–Kier alpha value is -5.24. The number of carbonyl (C=O) groups is 5. The maximum Gasteiger partial charge on any atom is 0.416 e. The first-order chi connectivity index (χ1) is 23.6. The standard InChI is InChI=1S/C36H42F3N5O6/c1-21(2)30(44-33(48)26-16-14-25(15-17-26)24-12-8-5-9-13-24)35(50)43-28(20-23-10-6-4-7-11-23)34(49)41-22(3)32(47)42-27(18-19-29(40)45)31(46)36(37,38)39/h4-17,21-22,27-28,30-31,46H,18-20H2,1-3H3,(H2,40,45)(H,41,49)(H,42,47)(H,43,50)(H,44,48)/t22-,27+,28+,30+,31?/m1/s1. The Morgan fingerprint density at radius 1 is 0.720 bits per heavy atom. The highest BCUT2D eigenvalue weighted by molar-refractivity contribution is 5.99. The van der Waals surface area contributed by atoms with Gasteiger partial charge < -0.3 is 32.1 Å². The van der Waals surface area contributed by atoms with Crippen molar-refractivity contribution in [3.8, 4) is 11.1 Å². The van der Waals surface area contributed by atoms with Crippen molar-refractivity contribution < 1.29 is 42.3 Å². The van der Waals surface area contributed by atoms with Crippen LogP contribution in [0.15, 0.2) is 84.9 Å². The molecular formula is C36H42F3N5O6. The molecule has 0 bridgehead atoms. The van der Waals surface area contributed by atoms with E-state index >= 15 is 0 Å². The average molecular weight is 698 g/mol. The summed E-state index contributed by atoms with van der Waals surface area (Å²) in [6.45, 7) is 4.64. The number of hydrogen-bond acceptors (Lipinski definition) is 6. The maximum absolute atomic E-state index is 13.6. The van der Waals surface area contributed by atoms with E-state index in [1.54, 1.807) is 68.4 Å². The van der Waals surface area contributed by atoms with Gasteiger partial charge in [0.05, 0.1) is 6.04 Å². The molecule has 0 aliphatic rings. The summed E-state index contributed by atoms with van der Waals surface area (Å²) in [5.41, 5.74) is 7.86. The van der Waals surface area contributed by atoms with E-state index in [0.29, 0.717) is 11.1 Å². The zero-order valence-electron chi connectivity index (χ0n) is 27.9. The Morgan fingerprint density at radius 2 is 1.28 bits per heavy atom. The van der Waals surface area contributed by atoms with Crippen LogP contribution in [0.4, 0.5) is 13.2 Å². The lowest BCUT2D eigenvalue weighted by Crippen LogP contribution is -2.59. The number of nitrogens with one attached hydrogen (secondary N) is 4. The van der Waals surface area contributed by atoms with Crippen molar-refractivity contribution >= 4 is 29.5 Å². The summed E-state index contributed by atoms with van der Waals surface area (Å²) in [6.07, 6.45) is -9.28. The lowest BCUT2D eigenvalue weighted by molar-refractivity contribution is -0.212. The zero-order chi connectivity index (χ0) is 37.0. The predicted molar refractivity (Wildman–Crippen MR) is 180 cm³/mol. The Labute approximate surface area is 288 Å². The van der Waals surface area contributed by atoms with E-state index in [9.17, 15) is 42.3 Å². The third-order valence-corrected chi connectivity index (χ3v) is 7.90. The first-order valence-electron chi connectivity index (χ1n) is 16.0. The van der Waals surface area contributed by atoms with Crippen LogP contribution in [0.5, 0.6) is 0 Å². The second kappa shape index (κ2) is 18.0. The number of carbonyl (C=O) groups excluding carboxylic acids is 5. The lowest BCUT2D eigenvalue weighted by atomic mass is 9.99. The number of hydrogen-bond donors (Lipinski definition) is 6. The normalized spacial score (nSPS) is 14.4. The molecule has 0 fully saturated rings. The summed E-state index contributed by atoms with van der Waals surface area (Å²) in [7, 11) is 0. The summed E-state index contributed by atoms with van der Waals surface area (Å²) in [5.74, 6) is -4.45. The van der Waals surface area contributed by atoms with Gasteiger partial charge in [0.15, 0.2) is 6.10 Å². The summed E-state index contributed by atoms with van der Waals surface area (Å²) in [5, 5.41) is 19.6. The lowest BCUT2D eigenvalue weighted by Gasteiger charge is -2.28. The van der Waals surface area contributed by atoms with Gasteiger partial charge in [0.1, 0.15) is 18.1 Å². The van der Waals surface area contributed by atoms with Crippen molar-refractivity contribution in [1.82, 2.24) is 21.3 Å². The third-order valence-electron chi connectivity index (χ3n) is 7.90. The second-order valence-electron chi connectivity index (χ2n) is 12.2. The number of aliphatic hydroxyl groups excluding tert-OH is 1. The smallest absolute Gasteiger partial charge is 0.382 e. The minimum Gasteiger partial charge on any atom is -0.382 e. The van der Waals surface area contributed by atoms with E-state index in [4.69, 9.17) is 5.73 Å². The van der Waals surface area contributed by atoms with Crippen LogP contribution in [0.1, 0.15) is 49.5 Å². The number of benzene rings is 3. The highest BCUT2D eigenvalue weighted by Crippen LogP contribution is 2.24. The highest BCUT2D eigenvalue weighted by atomic mass is 19.4. The van der Waals surface area contributed by atoms with E-state index < -0.39 is 84.7 Å². The Morgan fingerprint density at radius 3 is 1.82 bits per heavy atom. The number of rotatable bonds is 16. The molecule has 0 aliphatic heterocycles. The van der Waals surface area contributed by atoms with Crippen LogP contribution in [0.2, 0.25) is 0 Å².